The molecule has 2 rings (SSSR count). The molecule has 2 fully saturated rings. The van der Waals surface area contributed by atoms with E-state index >= 15 is 0 Å². The van der Waals surface area contributed by atoms with Gasteiger partial charge in [0.1, 0.15) is 0 Å². The normalized spacial score (nSPS) is 27.2. The van der Waals surface area contributed by atoms with Crippen molar-refractivity contribution in [1.82, 2.24) is 5.32 Å². The van der Waals surface area contributed by atoms with Crippen molar-refractivity contribution in [1.29, 1.82) is 0 Å². The van der Waals surface area contributed by atoms with Gasteiger partial charge in [-0.3, -0.25) is 0 Å². The minimum atomic E-state index is 0.672. The number of hydrogen-bond acceptors (Lipinski definition) is 1. The van der Waals surface area contributed by atoms with Crippen LogP contribution in [-0.4, -0.2) is 12.6 Å². The van der Waals surface area contributed by atoms with Gasteiger partial charge in [-0.1, -0.05) is 26.7 Å². The van der Waals surface area contributed by atoms with Gasteiger partial charge in [-0.05, 0) is 43.6 Å². The Morgan fingerprint density at radius 3 is 2.54 bits per heavy atom. The van der Waals surface area contributed by atoms with Crippen molar-refractivity contribution in [3.63, 3.8) is 0 Å². The fraction of sp³-hybridized carbons (Fsp3) is 1.00. The van der Waals surface area contributed by atoms with Gasteiger partial charge in [0, 0.05) is 6.04 Å². The Kier molecular flexibility index (Phi) is 2.64. The molecular weight excluding hydrogens is 158 g/mol. The molecule has 2 aliphatic rings. The van der Waals surface area contributed by atoms with Crippen molar-refractivity contribution < 1.29 is 0 Å². The zero-order chi connectivity index (χ0) is 9.31. The van der Waals surface area contributed by atoms with E-state index in [0.717, 1.165) is 18.5 Å². The lowest BCUT2D eigenvalue weighted by atomic mass is 9.93. The van der Waals surface area contributed by atoms with Crippen molar-refractivity contribution in [2.45, 2.75) is 58.4 Å². The minimum absolute atomic E-state index is 0.672. The first kappa shape index (κ1) is 9.51. The monoisotopic (exact) mass is 181 g/mol. The molecule has 0 aromatic heterocycles. The second kappa shape index (κ2) is 3.61. The van der Waals surface area contributed by atoms with Gasteiger partial charge in [-0.15, -0.1) is 0 Å². The van der Waals surface area contributed by atoms with Crippen molar-refractivity contribution in [3.8, 4) is 0 Å². The van der Waals surface area contributed by atoms with Crippen LogP contribution in [0.1, 0.15) is 52.4 Å². The molecule has 1 N–H and O–H groups in total. The highest BCUT2D eigenvalue weighted by Crippen LogP contribution is 2.50. The molecule has 0 aliphatic heterocycles. The van der Waals surface area contributed by atoms with Crippen LogP contribution in [0.5, 0.6) is 0 Å². The molecule has 76 valence electrons. The van der Waals surface area contributed by atoms with E-state index in [2.05, 4.69) is 19.2 Å². The zero-order valence-corrected chi connectivity index (χ0v) is 9.10. The summed E-state index contributed by atoms with van der Waals surface area (Å²) in [4.78, 5) is 0. The van der Waals surface area contributed by atoms with Gasteiger partial charge < -0.3 is 5.32 Å². The van der Waals surface area contributed by atoms with Crippen LogP contribution in [0.25, 0.3) is 0 Å². The zero-order valence-electron chi connectivity index (χ0n) is 9.10. The van der Waals surface area contributed by atoms with E-state index in [1.807, 2.05) is 0 Å². The number of nitrogens with one attached hydrogen (secondary N) is 1. The summed E-state index contributed by atoms with van der Waals surface area (Å²) in [6.45, 7) is 5.83. The highest BCUT2D eigenvalue weighted by molar-refractivity contribution is 4.98. The standard InChI is InChI=1S/C12H23N/c1-3-13-11(12(2)8-9-12)7-6-10-4-5-10/h10-11,13H,3-9H2,1-2H3. The Hall–Kier alpha value is -0.0400. The Balaban J connectivity index is 1.74. The molecule has 0 spiro atoms. The molecule has 0 amide bonds. The van der Waals surface area contributed by atoms with Crippen LogP contribution in [0.4, 0.5) is 0 Å². The lowest BCUT2D eigenvalue weighted by Gasteiger charge is -2.24. The molecule has 1 unspecified atom stereocenters. The maximum absolute atomic E-state index is 3.67. The van der Waals surface area contributed by atoms with E-state index in [0.29, 0.717) is 5.41 Å². The quantitative estimate of drug-likeness (QED) is 0.664. The van der Waals surface area contributed by atoms with Gasteiger partial charge in [0.2, 0.25) is 0 Å². The van der Waals surface area contributed by atoms with Crippen LogP contribution in [0.15, 0.2) is 0 Å². The predicted molar refractivity (Wildman–Crippen MR) is 56.8 cm³/mol. The second-order valence-electron chi connectivity index (χ2n) is 5.29. The molecule has 2 saturated carbocycles. The van der Waals surface area contributed by atoms with Gasteiger partial charge in [0.05, 0.1) is 0 Å². The molecule has 13 heavy (non-hydrogen) atoms. The first-order valence-corrected chi connectivity index (χ1v) is 5.98. The van der Waals surface area contributed by atoms with E-state index < -0.39 is 0 Å². The summed E-state index contributed by atoms with van der Waals surface area (Å²) in [7, 11) is 0. The molecule has 0 aromatic carbocycles. The molecule has 0 radical (unpaired) electrons. The first-order chi connectivity index (χ1) is 6.24. The highest BCUT2D eigenvalue weighted by atomic mass is 14.9. The molecule has 0 bridgehead atoms. The van der Waals surface area contributed by atoms with Gasteiger partial charge in [0.25, 0.3) is 0 Å². The van der Waals surface area contributed by atoms with E-state index in [-0.39, 0.29) is 0 Å². The molecule has 1 atom stereocenters. The Morgan fingerprint density at radius 2 is 2.08 bits per heavy atom. The summed E-state index contributed by atoms with van der Waals surface area (Å²) in [5.74, 6) is 1.10. The molecule has 2 aliphatic carbocycles. The molecule has 1 nitrogen and oxygen atoms in total. The second-order valence-corrected chi connectivity index (χ2v) is 5.29. The SMILES string of the molecule is CCNC(CCC1CC1)C1(C)CC1. The Morgan fingerprint density at radius 1 is 1.38 bits per heavy atom. The molecule has 0 heterocycles. The third-order valence-corrected chi connectivity index (χ3v) is 3.89. The Labute approximate surface area is 82.3 Å². The number of hydrogen-bond donors (Lipinski definition) is 1. The first-order valence-electron chi connectivity index (χ1n) is 5.98. The number of rotatable bonds is 6. The molecule has 0 aromatic rings. The summed E-state index contributed by atoms with van der Waals surface area (Å²) in [6.07, 6.45) is 8.83. The summed E-state index contributed by atoms with van der Waals surface area (Å²) in [5.41, 5.74) is 0.672. The average molecular weight is 181 g/mol. The van der Waals surface area contributed by atoms with E-state index in [1.54, 1.807) is 0 Å². The predicted octanol–water partition coefficient (Wildman–Crippen LogP) is 2.95. The largest absolute Gasteiger partial charge is 0.314 e. The fourth-order valence-electron chi connectivity index (χ4n) is 2.30. The van der Waals surface area contributed by atoms with Gasteiger partial charge in [-0.2, -0.15) is 0 Å². The summed E-state index contributed by atoms with van der Waals surface area (Å²) in [5, 5.41) is 3.67. The molecule has 0 saturated heterocycles. The molecule has 1 heteroatoms. The smallest absolute Gasteiger partial charge is 0.0121 e. The van der Waals surface area contributed by atoms with Gasteiger partial charge >= 0.3 is 0 Å². The van der Waals surface area contributed by atoms with Crippen LogP contribution in [0.2, 0.25) is 0 Å². The topological polar surface area (TPSA) is 12.0 Å². The third kappa shape index (κ3) is 2.46. The van der Waals surface area contributed by atoms with Crippen LogP contribution < -0.4 is 5.32 Å². The van der Waals surface area contributed by atoms with Crippen molar-refractivity contribution >= 4 is 0 Å². The third-order valence-electron chi connectivity index (χ3n) is 3.89. The summed E-state index contributed by atoms with van der Waals surface area (Å²) >= 11 is 0. The fourth-order valence-corrected chi connectivity index (χ4v) is 2.30. The van der Waals surface area contributed by atoms with Crippen LogP contribution in [-0.2, 0) is 0 Å². The minimum Gasteiger partial charge on any atom is -0.314 e. The molecular formula is C12H23N. The van der Waals surface area contributed by atoms with Crippen molar-refractivity contribution in [2.75, 3.05) is 6.54 Å². The maximum atomic E-state index is 3.67. The van der Waals surface area contributed by atoms with Crippen molar-refractivity contribution in [3.05, 3.63) is 0 Å². The Bertz CT molecular complexity index is 168. The van der Waals surface area contributed by atoms with E-state index in [1.165, 1.54) is 38.5 Å². The van der Waals surface area contributed by atoms with Crippen molar-refractivity contribution in [2.24, 2.45) is 11.3 Å². The lowest BCUT2D eigenvalue weighted by molar-refractivity contribution is 0.331. The van der Waals surface area contributed by atoms with Crippen LogP contribution in [0.3, 0.4) is 0 Å². The van der Waals surface area contributed by atoms with E-state index in [4.69, 9.17) is 0 Å². The highest BCUT2D eigenvalue weighted by Gasteiger charge is 2.44. The van der Waals surface area contributed by atoms with Gasteiger partial charge in [-0.25, -0.2) is 0 Å². The summed E-state index contributed by atoms with van der Waals surface area (Å²) < 4.78 is 0. The lowest BCUT2D eigenvalue weighted by Crippen LogP contribution is -2.36. The van der Waals surface area contributed by atoms with Gasteiger partial charge in [0.15, 0.2) is 0 Å². The maximum Gasteiger partial charge on any atom is 0.0121 e. The average Bonchev–Trinajstić information content (AvgIpc) is 2.95. The van der Waals surface area contributed by atoms with Crippen LogP contribution in [0, 0.1) is 11.3 Å². The van der Waals surface area contributed by atoms with Crippen LogP contribution >= 0.6 is 0 Å². The summed E-state index contributed by atoms with van der Waals surface area (Å²) in [6, 6.07) is 0.818. The van der Waals surface area contributed by atoms with E-state index in [9.17, 15) is 0 Å².